The van der Waals surface area contributed by atoms with E-state index >= 15 is 0 Å². The normalized spacial score (nSPS) is 11.2. The van der Waals surface area contributed by atoms with Gasteiger partial charge in [0, 0.05) is 13.2 Å². The number of anilines is 1. The minimum Gasteiger partial charge on any atom is -0.480 e. The molecule has 2 N–H and O–H groups in total. The molecule has 2 amide bonds. The lowest BCUT2D eigenvalue weighted by atomic mass is 10.2. The number of amides is 2. The summed E-state index contributed by atoms with van der Waals surface area (Å²) in [6.07, 6.45) is -1.88. The van der Waals surface area contributed by atoms with Crippen LogP contribution in [0.15, 0.2) is 18.5 Å². The molecule has 10 heteroatoms. The number of carbonyl (C=O) groups is 1. The average molecular weight is 343 g/mol. The van der Waals surface area contributed by atoms with Crippen LogP contribution in [0.3, 0.4) is 0 Å². The Morgan fingerprint density at radius 2 is 2.12 bits per heavy atom. The Morgan fingerprint density at radius 3 is 2.71 bits per heavy atom. The summed E-state index contributed by atoms with van der Waals surface area (Å²) in [7, 11) is 3.17. The SMILES string of the molecule is COc1nn(C)cc1CNC(=O)Nc1cnc(C(F)(F)F)c(C)c1. The molecule has 0 aromatic carbocycles. The van der Waals surface area contributed by atoms with Crippen molar-refractivity contribution in [2.45, 2.75) is 19.6 Å². The van der Waals surface area contributed by atoms with E-state index in [1.807, 2.05) is 0 Å². The molecule has 0 aliphatic rings. The molecule has 0 fully saturated rings. The Labute approximate surface area is 135 Å². The summed E-state index contributed by atoms with van der Waals surface area (Å²) in [4.78, 5) is 15.2. The summed E-state index contributed by atoms with van der Waals surface area (Å²) in [5.74, 6) is 0.379. The third-order valence-corrected chi connectivity index (χ3v) is 3.10. The minimum absolute atomic E-state index is 0.0748. The molecule has 0 aliphatic carbocycles. The maximum atomic E-state index is 12.6. The van der Waals surface area contributed by atoms with E-state index < -0.39 is 17.9 Å². The molecule has 7 nitrogen and oxygen atoms in total. The standard InChI is InChI=1S/C14H16F3N5O2/c1-8-4-10(6-18-11(8)14(15,16)17)20-13(23)19-5-9-7-22(2)21-12(9)24-3/h4,6-7H,5H2,1-3H3,(H2,19,20,23). The van der Waals surface area contributed by atoms with E-state index in [1.54, 1.807) is 13.2 Å². The van der Waals surface area contributed by atoms with Crippen molar-refractivity contribution < 1.29 is 22.7 Å². The molecular weight excluding hydrogens is 327 g/mol. The molecule has 0 aliphatic heterocycles. The number of carbonyl (C=O) groups excluding carboxylic acids is 1. The van der Waals surface area contributed by atoms with Gasteiger partial charge < -0.3 is 15.4 Å². The van der Waals surface area contributed by atoms with E-state index in [9.17, 15) is 18.0 Å². The molecule has 0 saturated carbocycles. The fraction of sp³-hybridized carbons (Fsp3) is 0.357. The molecule has 0 radical (unpaired) electrons. The second-order valence-electron chi connectivity index (χ2n) is 5.03. The first-order valence-corrected chi connectivity index (χ1v) is 6.86. The van der Waals surface area contributed by atoms with Crippen LogP contribution in [-0.2, 0) is 19.8 Å². The van der Waals surface area contributed by atoms with Crippen molar-refractivity contribution in [3.8, 4) is 5.88 Å². The second kappa shape index (κ2) is 6.77. The quantitative estimate of drug-likeness (QED) is 0.894. The van der Waals surface area contributed by atoms with E-state index in [0.29, 0.717) is 11.4 Å². The van der Waals surface area contributed by atoms with Crippen LogP contribution >= 0.6 is 0 Å². The fourth-order valence-electron chi connectivity index (χ4n) is 2.10. The van der Waals surface area contributed by atoms with Gasteiger partial charge in [-0.3, -0.25) is 4.68 Å². The third kappa shape index (κ3) is 4.15. The average Bonchev–Trinajstić information content (AvgIpc) is 2.84. The lowest BCUT2D eigenvalue weighted by molar-refractivity contribution is -0.141. The zero-order valence-electron chi connectivity index (χ0n) is 13.2. The molecule has 2 heterocycles. The van der Waals surface area contributed by atoms with Crippen LogP contribution in [0.1, 0.15) is 16.8 Å². The predicted molar refractivity (Wildman–Crippen MR) is 79.6 cm³/mol. The highest BCUT2D eigenvalue weighted by molar-refractivity contribution is 5.89. The number of aryl methyl sites for hydroxylation is 2. The van der Waals surface area contributed by atoms with Gasteiger partial charge in [0.2, 0.25) is 5.88 Å². The summed E-state index contributed by atoms with van der Waals surface area (Å²) < 4.78 is 44.5. The number of nitrogens with one attached hydrogen (secondary N) is 2. The number of alkyl halides is 3. The van der Waals surface area contributed by atoms with Gasteiger partial charge in [-0.2, -0.15) is 13.2 Å². The second-order valence-corrected chi connectivity index (χ2v) is 5.03. The minimum atomic E-state index is -4.53. The predicted octanol–water partition coefficient (Wildman–Crippen LogP) is 2.47. The lowest BCUT2D eigenvalue weighted by Gasteiger charge is -2.11. The summed E-state index contributed by atoms with van der Waals surface area (Å²) in [5, 5.41) is 9.04. The van der Waals surface area contributed by atoms with E-state index in [-0.39, 0.29) is 17.8 Å². The number of halogens is 3. The van der Waals surface area contributed by atoms with Gasteiger partial charge in [-0.25, -0.2) is 9.78 Å². The van der Waals surface area contributed by atoms with Crippen molar-refractivity contribution in [1.29, 1.82) is 0 Å². The number of hydrogen-bond donors (Lipinski definition) is 2. The molecule has 0 saturated heterocycles. The molecule has 2 rings (SSSR count). The Hall–Kier alpha value is -2.78. The number of aromatic nitrogens is 3. The maximum Gasteiger partial charge on any atom is 0.433 e. The zero-order valence-corrected chi connectivity index (χ0v) is 13.2. The molecule has 2 aromatic rings. The van der Waals surface area contributed by atoms with Crippen LogP contribution in [-0.4, -0.2) is 27.9 Å². The van der Waals surface area contributed by atoms with Crippen LogP contribution in [0.2, 0.25) is 0 Å². The van der Waals surface area contributed by atoms with Gasteiger partial charge in [0.1, 0.15) is 5.69 Å². The summed E-state index contributed by atoms with van der Waals surface area (Å²) >= 11 is 0. The van der Waals surface area contributed by atoms with Crippen LogP contribution in [0, 0.1) is 6.92 Å². The van der Waals surface area contributed by atoms with Gasteiger partial charge in [0.05, 0.1) is 31.1 Å². The van der Waals surface area contributed by atoms with Gasteiger partial charge in [0.25, 0.3) is 0 Å². The first-order valence-electron chi connectivity index (χ1n) is 6.86. The van der Waals surface area contributed by atoms with Crippen molar-refractivity contribution in [3.05, 3.63) is 35.3 Å². The first-order chi connectivity index (χ1) is 11.2. The highest BCUT2D eigenvalue weighted by atomic mass is 19.4. The van der Waals surface area contributed by atoms with Crippen LogP contribution in [0.25, 0.3) is 0 Å². The number of rotatable bonds is 4. The topological polar surface area (TPSA) is 81.1 Å². The molecule has 130 valence electrons. The van der Waals surface area contributed by atoms with Crippen LogP contribution < -0.4 is 15.4 Å². The molecule has 0 spiro atoms. The van der Waals surface area contributed by atoms with Crippen molar-refractivity contribution in [2.24, 2.45) is 7.05 Å². The van der Waals surface area contributed by atoms with Crippen LogP contribution in [0.4, 0.5) is 23.7 Å². The molecular formula is C14H16F3N5O2. The van der Waals surface area contributed by atoms with Gasteiger partial charge >= 0.3 is 12.2 Å². The Morgan fingerprint density at radius 1 is 1.42 bits per heavy atom. The van der Waals surface area contributed by atoms with Crippen LogP contribution in [0.5, 0.6) is 5.88 Å². The Bertz CT molecular complexity index is 742. The maximum absolute atomic E-state index is 12.6. The summed E-state index contributed by atoms with van der Waals surface area (Å²) in [6.45, 7) is 1.43. The number of pyridine rings is 1. The summed E-state index contributed by atoms with van der Waals surface area (Å²) in [6, 6.07) is 0.627. The van der Waals surface area contributed by atoms with E-state index in [1.165, 1.54) is 24.8 Å². The molecule has 24 heavy (non-hydrogen) atoms. The summed E-state index contributed by atoms with van der Waals surface area (Å²) in [5.41, 5.74) is -0.226. The molecule has 2 aromatic heterocycles. The van der Waals surface area contributed by atoms with E-state index in [0.717, 1.165) is 6.20 Å². The van der Waals surface area contributed by atoms with Gasteiger partial charge in [0.15, 0.2) is 0 Å². The first kappa shape index (κ1) is 17.6. The van der Waals surface area contributed by atoms with Crippen molar-refractivity contribution in [2.75, 3.05) is 12.4 Å². The van der Waals surface area contributed by atoms with E-state index in [4.69, 9.17) is 4.74 Å². The number of urea groups is 1. The van der Waals surface area contributed by atoms with Gasteiger partial charge in [-0.05, 0) is 18.6 Å². The zero-order chi connectivity index (χ0) is 17.9. The lowest BCUT2D eigenvalue weighted by Crippen LogP contribution is -2.28. The highest BCUT2D eigenvalue weighted by Crippen LogP contribution is 2.30. The highest BCUT2D eigenvalue weighted by Gasteiger charge is 2.34. The fourth-order valence-corrected chi connectivity index (χ4v) is 2.10. The van der Waals surface area contributed by atoms with Crippen molar-refractivity contribution >= 4 is 11.7 Å². The third-order valence-electron chi connectivity index (χ3n) is 3.10. The molecule has 0 atom stereocenters. The largest absolute Gasteiger partial charge is 0.480 e. The number of methoxy groups -OCH3 is 1. The monoisotopic (exact) mass is 343 g/mol. The molecule has 0 unspecified atom stereocenters. The van der Waals surface area contributed by atoms with E-state index in [2.05, 4.69) is 20.7 Å². The smallest absolute Gasteiger partial charge is 0.433 e. The Balaban J connectivity index is 1.98. The Kier molecular flexibility index (Phi) is 4.96. The van der Waals surface area contributed by atoms with Gasteiger partial charge in [-0.15, -0.1) is 5.10 Å². The van der Waals surface area contributed by atoms with Crippen molar-refractivity contribution in [3.63, 3.8) is 0 Å². The van der Waals surface area contributed by atoms with Gasteiger partial charge in [-0.1, -0.05) is 0 Å². The molecule has 0 bridgehead atoms. The number of ether oxygens (including phenoxy) is 1. The number of nitrogens with zero attached hydrogens (tertiary/aromatic N) is 3. The number of hydrogen-bond acceptors (Lipinski definition) is 4. The van der Waals surface area contributed by atoms with Crippen molar-refractivity contribution in [1.82, 2.24) is 20.1 Å².